The number of nitrogens with one attached hydrogen (secondary N) is 2. The van der Waals surface area contributed by atoms with Crippen molar-refractivity contribution in [1.29, 1.82) is 0 Å². The minimum Gasteiger partial charge on any atom is -0.434 e. The summed E-state index contributed by atoms with van der Waals surface area (Å²) in [7, 11) is 1.68. The van der Waals surface area contributed by atoms with Crippen molar-refractivity contribution < 1.29 is 13.5 Å². The molecule has 2 aromatic carbocycles. The number of para-hydroxylation sites is 1. The topological polar surface area (TPSA) is 48.9 Å². The summed E-state index contributed by atoms with van der Waals surface area (Å²) < 4.78 is 29.8. The van der Waals surface area contributed by atoms with Gasteiger partial charge in [0.1, 0.15) is 5.75 Å². The SMILES string of the molecule is CN=C(NCc1ccccc1OC(F)F)NC(C)c1cccc(N2CCCC2)c1.I. The van der Waals surface area contributed by atoms with E-state index in [1.807, 2.05) is 0 Å². The van der Waals surface area contributed by atoms with Crippen LogP contribution in [-0.4, -0.2) is 32.7 Å². The lowest BCUT2D eigenvalue weighted by Gasteiger charge is -2.22. The molecule has 0 spiro atoms. The average Bonchev–Trinajstić information content (AvgIpc) is 3.26. The first kappa shape index (κ1) is 24.2. The van der Waals surface area contributed by atoms with Gasteiger partial charge in [-0.2, -0.15) is 8.78 Å². The van der Waals surface area contributed by atoms with E-state index in [-0.39, 0.29) is 35.8 Å². The van der Waals surface area contributed by atoms with E-state index in [0.29, 0.717) is 18.1 Å². The van der Waals surface area contributed by atoms with Crippen molar-refractivity contribution in [3.63, 3.8) is 0 Å². The van der Waals surface area contributed by atoms with Crippen molar-refractivity contribution in [2.75, 3.05) is 25.0 Å². The van der Waals surface area contributed by atoms with Crippen LogP contribution in [0.1, 0.15) is 36.9 Å². The van der Waals surface area contributed by atoms with Crippen molar-refractivity contribution >= 4 is 35.6 Å². The highest BCUT2D eigenvalue weighted by Crippen LogP contribution is 2.24. The molecule has 1 aliphatic rings. The molecule has 30 heavy (non-hydrogen) atoms. The van der Waals surface area contributed by atoms with Gasteiger partial charge in [-0.15, -0.1) is 24.0 Å². The number of guanidine groups is 1. The molecule has 8 heteroatoms. The first-order chi connectivity index (χ1) is 14.1. The lowest BCUT2D eigenvalue weighted by atomic mass is 10.1. The van der Waals surface area contributed by atoms with Crippen LogP contribution in [0.4, 0.5) is 14.5 Å². The van der Waals surface area contributed by atoms with Gasteiger partial charge in [0.05, 0.1) is 6.04 Å². The number of hydrogen-bond donors (Lipinski definition) is 2. The number of alkyl halides is 2. The number of anilines is 1. The summed E-state index contributed by atoms with van der Waals surface area (Å²) in [6.45, 7) is 1.76. The zero-order chi connectivity index (χ0) is 20.6. The molecule has 1 saturated heterocycles. The molecule has 1 aliphatic heterocycles. The van der Waals surface area contributed by atoms with Crippen LogP contribution < -0.4 is 20.3 Å². The van der Waals surface area contributed by atoms with Crippen LogP contribution in [-0.2, 0) is 6.54 Å². The normalized spacial score (nSPS) is 15.0. The highest BCUT2D eigenvalue weighted by Gasteiger charge is 2.15. The third-order valence-electron chi connectivity index (χ3n) is 5.05. The number of halogens is 3. The summed E-state index contributed by atoms with van der Waals surface area (Å²) in [5.74, 6) is 0.757. The summed E-state index contributed by atoms with van der Waals surface area (Å²) in [4.78, 5) is 6.66. The monoisotopic (exact) mass is 530 g/mol. The van der Waals surface area contributed by atoms with E-state index in [4.69, 9.17) is 0 Å². The number of nitrogens with zero attached hydrogens (tertiary/aromatic N) is 2. The predicted octanol–water partition coefficient (Wildman–Crippen LogP) is 4.93. The van der Waals surface area contributed by atoms with E-state index >= 15 is 0 Å². The fourth-order valence-electron chi connectivity index (χ4n) is 3.49. The molecule has 1 heterocycles. The van der Waals surface area contributed by atoms with Crippen LogP contribution >= 0.6 is 24.0 Å². The second-order valence-corrected chi connectivity index (χ2v) is 7.07. The molecule has 0 amide bonds. The van der Waals surface area contributed by atoms with Gasteiger partial charge in [-0.3, -0.25) is 4.99 Å². The zero-order valence-electron chi connectivity index (χ0n) is 17.3. The van der Waals surface area contributed by atoms with Crippen LogP contribution in [0.25, 0.3) is 0 Å². The van der Waals surface area contributed by atoms with E-state index in [1.165, 1.54) is 30.2 Å². The van der Waals surface area contributed by atoms with Crippen LogP contribution in [0.5, 0.6) is 5.75 Å². The largest absolute Gasteiger partial charge is 0.434 e. The molecule has 0 aromatic heterocycles. The van der Waals surface area contributed by atoms with Crippen LogP contribution in [0, 0.1) is 0 Å². The van der Waals surface area contributed by atoms with Crippen molar-refractivity contribution in [3.8, 4) is 5.75 Å². The number of benzene rings is 2. The quantitative estimate of drug-likeness (QED) is 0.303. The maximum Gasteiger partial charge on any atom is 0.387 e. The Balaban J connectivity index is 0.00000320. The van der Waals surface area contributed by atoms with E-state index in [0.717, 1.165) is 13.1 Å². The summed E-state index contributed by atoms with van der Waals surface area (Å²) in [5.41, 5.74) is 3.05. The summed E-state index contributed by atoms with van der Waals surface area (Å²) in [6, 6.07) is 15.3. The number of aliphatic imine (C=N–C) groups is 1. The van der Waals surface area contributed by atoms with E-state index in [1.54, 1.807) is 25.2 Å². The molecule has 0 saturated carbocycles. The smallest absolute Gasteiger partial charge is 0.387 e. The van der Waals surface area contributed by atoms with Gasteiger partial charge < -0.3 is 20.3 Å². The van der Waals surface area contributed by atoms with E-state index in [2.05, 4.69) is 56.5 Å². The second-order valence-electron chi connectivity index (χ2n) is 7.07. The third-order valence-corrected chi connectivity index (χ3v) is 5.05. The first-order valence-electron chi connectivity index (χ1n) is 9.91. The average molecular weight is 530 g/mol. The molecule has 0 bridgehead atoms. The van der Waals surface area contributed by atoms with E-state index in [9.17, 15) is 8.78 Å². The molecule has 164 valence electrons. The highest BCUT2D eigenvalue weighted by atomic mass is 127. The maximum atomic E-state index is 12.6. The number of ether oxygens (including phenoxy) is 1. The minimum absolute atomic E-state index is 0. The Morgan fingerprint density at radius 3 is 2.57 bits per heavy atom. The number of rotatable bonds is 7. The fraction of sp³-hybridized carbons (Fsp3) is 0.409. The predicted molar refractivity (Wildman–Crippen MR) is 128 cm³/mol. The Labute approximate surface area is 193 Å². The summed E-state index contributed by atoms with van der Waals surface area (Å²) >= 11 is 0. The molecular weight excluding hydrogens is 501 g/mol. The molecule has 1 unspecified atom stereocenters. The van der Waals surface area contributed by atoms with E-state index < -0.39 is 6.61 Å². The van der Waals surface area contributed by atoms with Crippen molar-refractivity contribution in [3.05, 3.63) is 59.7 Å². The highest BCUT2D eigenvalue weighted by molar-refractivity contribution is 14.0. The summed E-state index contributed by atoms with van der Waals surface area (Å²) in [5, 5.41) is 6.54. The molecule has 3 rings (SSSR count). The molecule has 0 aliphatic carbocycles. The third kappa shape index (κ3) is 6.72. The lowest BCUT2D eigenvalue weighted by molar-refractivity contribution is -0.0504. The Bertz CT molecular complexity index is 828. The molecule has 0 radical (unpaired) electrons. The first-order valence-corrected chi connectivity index (χ1v) is 9.91. The fourth-order valence-corrected chi connectivity index (χ4v) is 3.49. The van der Waals surface area contributed by atoms with Gasteiger partial charge in [-0.25, -0.2) is 0 Å². The summed E-state index contributed by atoms with van der Waals surface area (Å²) in [6.07, 6.45) is 2.48. The van der Waals surface area contributed by atoms with Gasteiger partial charge in [-0.05, 0) is 43.5 Å². The van der Waals surface area contributed by atoms with Gasteiger partial charge in [0.25, 0.3) is 0 Å². The molecule has 1 atom stereocenters. The molecule has 1 fully saturated rings. The Hall–Kier alpha value is -2.10. The van der Waals surface area contributed by atoms with Crippen molar-refractivity contribution in [2.24, 2.45) is 4.99 Å². The maximum absolute atomic E-state index is 12.6. The Kier molecular flexibility index (Phi) is 9.61. The minimum atomic E-state index is -2.85. The molecule has 2 N–H and O–H groups in total. The van der Waals surface area contributed by atoms with Crippen LogP contribution in [0.3, 0.4) is 0 Å². The van der Waals surface area contributed by atoms with Crippen LogP contribution in [0.2, 0.25) is 0 Å². The van der Waals surface area contributed by atoms with Gasteiger partial charge >= 0.3 is 6.61 Å². The van der Waals surface area contributed by atoms with Crippen LogP contribution in [0.15, 0.2) is 53.5 Å². The molecule has 5 nitrogen and oxygen atoms in total. The Morgan fingerprint density at radius 2 is 1.87 bits per heavy atom. The van der Waals surface area contributed by atoms with Gasteiger partial charge in [0, 0.05) is 37.9 Å². The molecular formula is C22H29F2IN4O. The van der Waals surface area contributed by atoms with Crippen molar-refractivity contribution in [2.45, 2.75) is 39.0 Å². The van der Waals surface area contributed by atoms with Gasteiger partial charge in [0.15, 0.2) is 5.96 Å². The van der Waals surface area contributed by atoms with Gasteiger partial charge in [0.2, 0.25) is 0 Å². The Morgan fingerprint density at radius 1 is 1.13 bits per heavy atom. The molecule has 2 aromatic rings. The van der Waals surface area contributed by atoms with Crippen molar-refractivity contribution in [1.82, 2.24) is 10.6 Å². The zero-order valence-corrected chi connectivity index (χ0v) is 19.6. The lowest BCUT2D eigenvalue weighted by Crippen LogP contribution is -2.38. The number of hydrogen-bond acceptors (Lipinski definition) is 3. The standard InChI is InChI=1S/C22H28F2N4O.HI/c1-16(17-9-7-10-19(14-17)28-12-5-6-13-28)27-22(25-2)26-15-18-8-3-4-11-20(18)29-21(23)24;/h3-4,7-11,14,16,21H,5-6,12-13,15H2,1-2H3,(H2,25,26,27);1H. The van der Waals surface area contributed by atoms with Gasteiger partial charge in [-0.1, -0.05) is 30.3 Å². The second kappa shape index (κ2) is 11.9.